The van der Waals surface area contributed by atoms with Crippen LogP contribution in [0.15, 0.2) is 72.8 Å². The fraction of sp³-hybridized carbons (Fsp3) is 0.0952. The van der Waals surface area contributed by atoms with Crippen molar-refractivity contribution in [2.45, 2.75) is 12.5 Å². The lowest BCUT2D eigenvalue weighted by Gasteiger charge is -2.17. The van der Waals surface area contributed by atoms with Crippen molar-refractivity contribution in [3.8, 4) is 0 Å². The van der Waals surface area contributed by atoms with Crippen molar-refractivity contribution in [2.24, 2.45) is 0 Å². The molecule has 0 aromatic heterocycles. The van der Waals surface area contributed by atoms with Crippen LogP contribution in [0.1, 0.15) is 22.8 Å². The fourth-order valence-corrected chi connectivity index (χ4v) is 2.98. The predicted molar refractivity (Wildman–Crippen MR) is 106 cm³/mol. The Bertz CT molecular complexity index is 896. The zero-order valence-corrected chi connectivity index (χ0v) is 15.3. The largest absolute Gasteiger partial charge is 0.384 e. The summed E-state index contributed by atoms with van der Waals surface area (Å²) in [5.41, 5.74) is 2.66. The number of amides is 1. The van der Waals surface area contributed by atoms with Crippen molar-refractivity contribution < 1.29 is 9.90 Å². The van der Waals surface area contributed by atoms with Crippen LogP contribution in [0.25, 0.3) is 0 Å². The van der Waals surface area contributed by atoms with Crippen molar-refractivity contribution in [3.63, 3.8) is 0 Å². The minimum atomic E-state index is -0.888. The molecule has 3 aromatic carbocycles. The number of nitrogens with one attached hydrogen (secondary N) is 1. The topological polar surface area (TPSA) is 49.3 Å². The smallest absolute Gasteiger partial charge is 0.228 e. The number of hydrogen-bond acceptors (Lipinski definition) is 2. The van der Waals surface area contributed by atoms with E-state index < -0.39 is 6.10 Å². The molecule has 2 N–H and O–H groups in total. The molecule has 0 aliphatic carbocycles. The van der Waals surface area contributed by atoms with E-state index in [0.29, 0.717) is 21.3 Å². The highest BCUT2D eigenvalue weighted by Gasteiger charge is 2.17. The fourth-order valence-electron chi connectivity index (χ4n) is 2.67. The van der Waals surface area contributed by atoms with E-state index in [1.165, 1.54) is 0 Å². The highest BCUT2D eigenvalue weighted by molar-refractivity contribution is 6.31. The second-order valence-electron chi connectivity index (χ2n) is 5.90. The van der Waals surface area contributed by atoms with Gasteiger partial charge in [-0.25, -0.2) is 0 Å². The van der Waals surface area contributed by atoms with Gasteiger partial charge >= 0.3 is 0 Å². The van der Waals surface area contributed by atoms with Crippen LogP contribution < -0.4 is 5.32 Å². The lowest BCUT2D eigenvalue weighted by Crippen LogP contribution is -2.16. The van der Waals surface area contributed by atoms with Crippen LogP contribution in [-0.4, -0.2) is 11.0 Å². The molecule has 0 saturated heterocycles. The van der Waals surface area contributed by atoms with E-state index in [0.717, 1.165) is 11.1 Å². The zero-order valence-electron chi connectivity index (χ0n) is 13.8. The van der Waals surface area contributed by atoms with E-state index >= 15 is 0 Å². The van der Waals surface area contributed by atoms with Gasteiger partial charge < -0.3 is 10.4 Å². The molecule has 0 spiro atoms. The quantitative estimate of drug-likeness (QED) is 0.629. The summed E-state index contributed by atoms with van der Waals surface area (Å²) in [5, 5.41) is 14.7. The summed E-state index contributed by atoms with van der Waals surface area (Å²) >= 11 is 12.0. The molecule has 0 bridgehead atoms. The maximum absolute atomic E-state index is 12.4. The van der Waals surface area contributed by atoms with Crippen LogP contribution in [0.4, 0.5) is 5.69 Å². The Balaban J connectivity index is 1.81. The van der Waals surface area contributed by atoms with Crippen LogP contribution in [0.5, 0.6) is 0 Å². The normalized spacial score (nSPS) is 11.8. The molecule has 0 unspecified atom stereocenters. The molecular weight excluding hydrogens is 369 g/mol. The molecule has 0 aliphatic rings. The van der Waals surface area contributed by atoms with Crippen molar-refractivity contribution in [1.82, 2.24) is 0 Å². The third-order valence-corrected chi connectivity index (χ3v) is 4.46. The van der Waals surface area contributed by atoms with Gasteiger partial charge in [-0.1, -0.05) is 65.7 Å². The van der Waals surface area contributed by atoms with Crippen LogP contribution in [0, 0.1) is 0 Å². The summed E-state index contributed by atoms with van der Waals surface area (Å²) in [6, 6.07) is 21.4. The number of aliphatic hydroxyl groups excluding tert-OH is 1. The van der Waals surface area contributed by atoms with Gasteiger partial charge in [-0.15, -0.1) is 0 Å². The Kier molecular flexibility index (Phi) is 5.94. The van der Waals surface area contributed by atoms with Gasteiger partial charge in [0.25, 0.3) is 0 Å². The van der Waals surface area contributed by atoms with Gasteiger partial charge in [0.05, 0.1) is 6.42 Å². The molecule has 3 aromatic rings. The molecule has 3 nitrogen and oxygen atoms in total. The number of halogens is 2. The molecule has 0 aliphatic heterocycles. The second-order valence-corrected chi connectivity index (χ2v) is 6.77. The van der Waals surface area contributed by atoms with E-state index in [-0.39, 0.29) is 12.3 Å². The number of aliphatic hydroxyl groups is 1. The highest BCUT2D eigenvalue weighted by Crippen LogP contribution is 2.31. The monoisotopic (exact) mass is 385 g/mol. The zero-order chi connectivity index (χ0) is 18.5. The first-order chi connectivity index (χ1) is 12.5. The molecule has 0 saturated carbocycles. The predicted octanol–water partition coefficient (Wildman–Crippen LogP) is 5.26. The Hall–Kier alpha value is -2.33. The summed E-state index contributed by atoms with van der Waals surface area (Å²) < 4.78 is 0. The molecule has 1 atom stereocenters. The van der Waals surface area contributed by atoms with Gasteiger partial charge in [-0.05, 0) is 41.5 Å². The number of carbonyl (C=O) groups is 1. The van der Waals surface area contributed by atoms with Crippen molar-refractivity contribution in [1.29, 1.82) is 0 Å². The lowest BCUT2D eigenvalue weighted by molar-refractivity contribution is -0.115. The number of carbonyl (C=O) groups excluding carboxylic acids is 1. The van der Waals surface area contributed by atoms with Gasteiger partial charge in [0.2, 0.25) is 5.91 Å². The Morgan fingerprint density at radius 3 is 2.27 bits per heavy atom. The van der Waals surface area contributed by atoms with Crippen LogP contribution in [0.2, 0.25) is 10.0 Å². The molecule has 1 amide bonds. The van der Waals surface area contributed by atoms with Gasteiger partial charge in [-0.3, -0.25) is 4.79 Å². The molecular formula is C21H17Cl2NO2. The van der Waals surface area contributed by atoms with Gasteiger partial charge in [0.1, 0.15) is 6.10 Å². The minimum absolute atomic E-state index is 0.184. The standard InChI is InChI=1S/C21H17Cl2NO2/c22-16-8-6-14(7-9-16)12-20(25)24-19-11-10-17(23)13-18(19)21(26)15-4-2-1-3-5-15/h1-11,13,21,26H,12H2,(H,24,25)/t21-/m1/s1. The number of hydrogen-bond donors (Lipinski definition) is 2. The molecule has 5 heteroatoms. The average Bonchev–Trinajstić information content (AvgIpc) is 2.65. The van der Waals surface area contributed by atoms with Crippen LogP contribution >= 0.6 is 23.2 Å². The molecule has 3 rings (SSSR count). The molecule has 0 radical (unpaired) electrons. The first-order valence-corrected chi connectivity index (χ1v) is 8.85. The van der Waals surface area contributed by atoms with Crippen molar-refractivity contribution in [2.75, 3.05) is 5.32 Å². The maximum atomic E-state index is 12.4. The maximum Gasteiger partial charge on any atom is 0.228 e. The van der Waals surface area contributed by atoms with Crippen molar-refractivity contribution in [3.05, 3.63) is 99.5 Å². The third kappa shape index (κ3) is 4.64. The van der Waals surface area contributed by atoms with Gasteiger partial charge in [-0.2, -0.15) is 0 Å². The first-order valence-electron chi connectivity index (χ1n) is 8.09. The summed E-state index contributed by atoms with van der Waals surface area (Å²) in [7, 11) is 0. The van der Waals surface area contributed by atoms with Crippen LogP contribution in [-0.2, 0) is 11.2 Å². The molecule has 0 heterocycles. The first kappa shape index (κ1) is 18.5. The Labute approximate surface area is 162 Å². The van der Waals surface area contributed by atoms with Crippen LogP contribution in [0.3, 0.4) is 0 Å². The molecule has 132 valence electrons. The number of anilines is 1. The lowest BCUT2D eigenvalue weighted by atomic mass is 9.99. The second kappa shape index (κ2) is 8.37. The third-order valence-electron chi connectivity index (χ3n) is 3.98. The van der Waals surface area contributed by atoms with E-state index in [1.807, 2.05) is 42.5 Å². The summed E-state index contributed by atoms with van der Waals surface area (Å²) in [4.78, 5) is 12.4. The summed E-state index contributed by atoms with van der Waals surface area (Å²) in [6.07, 6.45) is -0.679. The summed E-state index contributed by atoms with van der Waals surface area (Å²) in [5.74, 6) is -0.184. The molecule has 26 heavy (non-hydrogen) atoms. The van der Waals surface area contributed by atoms with Gasteiger partial charge in [0, 0.05) is 21.3 Å². The minimum Gasteiger partial charge on any atom is -0.384 e. The summed E-state index contributed by atoms with van der Waals surface area (Å²) in [6.45, 7) is 0. The number of benzene rings is 3. The van der Waals surface area contributed by atoms with Crippen molar-refractivity contribution >= 4 is 34.8 Å². The van der Waals surface area contributed by atoms with Gasteiger partial charge in [0.15, 0.2) is 0 Å². The van der Waals surface area contributed by atoms with E-state index in [1.54, 1.807) is 30.3 Å². The van der Waals surface area contributed by atoms with E-state index in [2.05, 4.69) is 5.32 Å². The van der Waals surface area contributed by atoms with E-state index in [4.69, 9.17) is 23.2 Å². The Morgan fingerprint density at radius 2 is 1.58 bits per heavy atom. The highest BCUT2D eigenvalue weighted by atomic mass is 35.5. The average molecular weight is 386 g/mol. The molecule has 0 fully saturated rings. The Morgan fingerprint density at radius 1 is 0.923 bits per heavy atom. The van der Waals surface area contributed by atoms with E-state index in [9.17, 15) is 9.90 Å². The SMILES string of the molecule is O=C(Cc1ccc(Cl)cc1)Nc1ccc(Cl)cc1[C@H](O)c1ccccc1. The number of rotatable bonds is 5.